The molecule has 2 N–H and O–H groups in total. The molecule has 1 fully saturated rings. The van der Waals surface area contributed by atoms with Crippen molar-refractivity contribution in [2.75, 3.05) is 5.73 Å². The van der Waals surface area contributed by atoms with Crippen LogP contribution in [-0.4, -0.2) is 14.4 Å². The Hall–Kier alpha value is -1.36. The van der Waals surface area contributed by atoms with Crippen LogP contribution in [0.15, 0.2) is 27.8 Å². The minimum Gasteiger partial charge on any atom is -0.430 e. The smallest absolute Gasteiger partial charge is 0.288 e. The Morgan fingerprint density at radius 1 is 1.35 bits per heavy atom. The molecule has 108 valence electrons. The number of rotatable bonds is 3. The minimum absolute atomic E-state index is 0.184. The van der Waals surface area contributed by atoms with Gasteiger partial charge < -0.3 is 10.2 Å². The van der Waals surface area contributed by atoms with Gasteiger partial charge in [-0.05, 0) is 43.7 Å². The molecule has 1 saturated carbocycles. The van der Waals surface area contributed by atoms with E-state index in [-0.39, 0.29) is 5.25 Å². The molecule has 5 heteroatoms. The number of benzene rings is 1. The van der Waals surface area contributed by atoms with Crippen molar-refractivity contribution in [2.24, 2.45) is 5.92 Å². The van der Waals surface area contributed by atoms with E-state index in [0.29, 0.717) is 16.5 Å². The second kappa shape index (κ2) is 5.56. The van der Waals surface area contributed by atoms with E-state index >= 15 is 0 Å². The molecule has 1 heterocycles. The highest BCUT2D eigenvalue weighted by atomic mass is 32.2. The molecule has 1 atom stereocenters. The van der Waals surface area contributed by atoms with Crippen molar-refractivity contribution >= 4 is 27.6 Å². The molecule has 3 rings (SSSR count). The molecular weight excluding hydrogens is 272 g/mol. The van der Waals surface area contributed by atoms with E-state index in [1.807, 2.05) is 6.07 Å². The first-order valence-corrected chi connectivity index (χ1v) is 8.45. The third-order valence-corrected chi connectivity index (χ3v) is 5.83. The third-order valence-electron chi connectivity index (χ3n) is 4.24. The van der Waals surface area contributed by atoms with Gasteiger partial charge in [0.05, 0.1) is 0 Å². The van der Waals surface area contributed by atoms with E-state index < -0.39 is 10.8 Å². The highest BCUT2D eigenvalue weighted by molar-refractivity contribution is 7.85. The maximum atomic E-state index is 12.6. The summed E-state index contributed by atoms with van der Waals surface area (Å²) in [7, 11) is -1.14. The normalized spacial score (nSPS) is 24.9. The second-order valence-electron chi connectivity index (χ2n) is 5.56. The molecular formula is C15H20N2O2S. The fourth-order valence-corrected chi connectivity index (χ4v) is 4.25. The topological polar surface area (TPSA) is 69.1 Å². The lowest BCUT2D eigenvalue weighted by Gasteiger charge is -2.26. The van der Waals surface area contributed by atoms with E-state index in [4.69, 9.17) is 10.2 Å². The van der Waals surface area contributed by atoms with Crippen LogP contribution in [0.1, 0.15) is 39.0 Å². The summed E-state index contributed by atoms with van der Waals surface area (Å²) in [4.78, 5) is 4.35. The quantitative estimate of drug-likeness (QED) is 0.879. The number of oxazole rings is 1. The van der Waals surface area contributed by atoms with Gasteiger partial charge >= 0.3 is 0 Å². The van der Waals surface area contributed by atoms with E-state index in [9.17, 15) is 4.21 Å². The number of anilines is 1. The first-order chi connectivity index (χ1) is 9.67. The molecule has 1 aromatic carbocycles. The molecule has 0 radical (unpaired) electrons. The third kappa shape index (κ3) is 2.59. The van der Waals surface area contributed by atoms with Gasteiger partial charge in [0.1, 0.15) is 16.3 Å². The molecule has 1 aromatic heterocycles. The van der Waals surface area contributed by atoms with E-state index in [0.717, 1.165) is 24.3 Å². The molecule has 1 aliphatic rings. The van der Waals surface area contributed by atoms with Crippen LogP contribution in [0.5, 0.6) is 0 Å². The zero-order valence-corrected chi connectivity index (χ0v) is 12.5. The molecule has 4 nitrogen and oxygen atoms in total. The molecule has 0 bridgehead atoms. The molecule has 0 saturated heterocycles. The van der Waals surface area contributed by atoms with Crippen molar-refractivity contribution in [1.29, 1.82) is 0 Å². The molecule has 1 unspecified atom stereocenters. The number of hydrogen-bond donors (Lipinski definition) is 1. The van der Waals surface area contributed by atoms with Crippen molar-refractivity contribution in [3.63, 3.8) is 0 Å². The zero-order valence-electron chi connectivity index (χ0n) is 11.7. The first-order valence-electron chi connectivity index (χ1n) is 7.24. The first kappa shape index (κ1) is 13.6. The summed E-state index contributed by atoms with van der Waals surface area (Å²) in [5.74, 6) is 0.798. The molecule has 0 spiro atoms. The van der Waals surface area contributed by atoms with Crippen molar-refractivity contribution in [2.45, 2.75) is 49.5 Å². The van der Waals surface area contributed by atoms with Crippen molar-refractivity contribution in [3.8, 4) is 0 Å². The second-order valence-corrected chi connectivity index (χ2v) is 7.17. The lowest BCUT2D eigenvalue weighted by molar-refractivity contribution is 0.350. The zero-order chi connectivity index (χ0) is 14.1. The van der Waals surface area contributed by atoms with Gasteiger partial charge in [-0.1, -0.05) is 13.3 Å². The van der Waals surface area contributed by atoms with Crippen LogP contribution < -0.4 is 5.73 Å². The summed E-state index contributed by atoms with van der Waals surface area (Å²) >= 11 is 0. The van der Waals surface area contributed by atoms with E-state index in [2.05, 4.69) is 11.9 Å². The van der Waals surface area contributed by atoms with Gasteiger partial charge in [0.2, 0.25) is 0 Å². The van der Waals surface area contributed by atoms with Gasteiger partial charge in [-0.3, -0.25) is 0 Å². The Balaban J connectivity index is 1.79. The largest absolute Gasteiger partial charge is 0.430 e. The predicted molar refractivity (Wildman–Crippen MR) is 80.9 cm³/mol. The Kier molecular flexibility index (Phi) is 3.78. The fraction of sp³-hybridized carbons (Fsp3) is 0.533. The van der Waals surface area contributed by atoms with Crippen molar-refractivity contribution in [1.82, 2.24) is 4.98 Å². The van der Waals surface area contributed by atoms with Gasteiger partial charge in [-0.25, -0.2) is 9.19 Å². The van der Waals surface area contributed by atoms with Crippen LogP contribution in [0.2, 0.25) is 0 Å². The van der Waals surface area contributed by atoms with Gasteiger partial charge in [0, 0.05) is 17.0 Å². The van der Waals surface area contributed by atoms with Crippen LogP contribution >= 0.6 is 0 Å². The Bertz CT molecular complexity index is 630. The highest BCUT2D eigenvalue weighted by Gasteiger charge is 2.28. The summed E-state index contributed by atoms with van der Waals surface area (Å²) in [5.41, 5.74) is 7.70. The summed E-state index contributed by atoms with van der Waals surface area (Å²) in [5, 5.41) is 0.536. The fourth-order valence-electron chi connectivity index (χ4n) is 2.90. The van der Waals surface area contributed by atoms with Crippen LogP contribution in [-0.2, 0) is 10.8 Å². The number of aromatic nitrogens is 1. The van der Waals surface area contributed by atoms with E-state index in [1.54, 1.807) is 12.1 Å². The number of nitrogen functional groups attached to an aromatic ring is 1. The van der Waals surface area contributed by atoms with Crippen molar-refractivity contribution in [3.05, 3.63) is 18.2 Å². The highest BCUT2D eigenvalue weighted by Crippen LogP contribution is 2.32. The number of fused-ring (bicyclic) bond motifs is 1. The van der Waals surface area contributed by atoms with Crippen LogP contribution in [0.4, 0.5) is 5.69 Å². The molecule has 1 aliphatic carbocycles. The average molecular weight is 292 g/mol. The summed E-state index contributed by atoms with van der Waals surface area (Å²) < 4.78 is 18.2. The molecule has 0 amide bonds. The Morgan fingerprint density at radius 3 is 2.80 bits per heavy atom. The monoisotopic (exact) mass is 292 g/mol. The van der Waals surface area contributed by atoms with E-state index in [1.165, 1.54) is 19.3 Å². The summed E-state index contributed by atoms with van der Waals surface area (Å²) in [6.45, 7) is 2.23. The summed E-state index contributed by atoms with van der Waals surface area (Å²) in [6.07, 6.45) is 5.57. The standard InChI is InChI=1S/C15H20N2O2S/c1-2-10-3-6-12(7-4-10)20(18)15-17-13-8-5-11(16)9-14(13)19-15/h5,8-10,12H,2-4,6-7,16H2,1H3. The minimum atomic E-state index is -1.14. The molecule has 0 aliphatic heterocycles. The Labute approximate surface area is 121 Å². The van der Waals surface area contributed by atoms with Crippen LogP contribution in [0.25, 0.3) is 11.1 Å². The Morgan fingerprint density at radius 2 is 2.10 bits per heavy atom. The number of nitrogens with zero attached hydrogens (tertiary/aromatic N) is 1. The van der Waals surface area contributed by atoms with Crippen LogP contribution in [0, 0.1) is 5.92 Å². The van der Waals surface area contributed by atoms with Crippen LogP contribution in [0.3, 0.4) is 0 Å². The summed E-state index contributed by atoms with van der Waals surface area (Å²) in [6, 6.07) is 5.32. The van der Waals surface area contributed by atoms with Gasteiger partial charge in [-0.2, -0.15) is 0 Å². The lowest BCUT2D eigenvalue weighted by Crippen LogP contribution is -2.23. The average Bonchev–Trinajstić information content (AvgIpc) is 2.89. The van der Waals surface area contributed by atoms with Gasteiger partial charge in [-0.15, -0.1) is 0 Å². The SMILES string of the molecule is CCC1CCC(S(=O)c2nc3ccc(N)cc3o2)CC1. The number of hydrogen-bond acceptors (Lipinski definition) is 4. The maximum absolute atomic E-state index is 12.6. The molecule has 2 aromatic rings. The van der Waals surface area contributed by atoms with Crippen molar-refractivity contribution < 1.29 is 8.63 Å². The molecule has 20 heavy (non-hydrogen) atoms. The van der Waals surface area contributed by atoms with Gasteiger partial charge in [0.25, 0.3) is 5.22 Å². The maximum Gasteiger partial charge on any atom is 0.288 e. The van der Waals surface area contributed by atoms with Gasteiger partial charge in [0.15, 0.2) is 5.58 Å². The lowest BCUT2D eigenvalue weighted by atomic mass is 9.87. The number of nitrogens with two attached hydrogens (primary N) is 1. The predicted octanol–water partition coefficient (Wildman–Crippen LogP) is 3.49.